The molecule has 0 saturated heterocycles. The lowest BCUT2D eigenvalue weighted by Crippen LogP contribution is -2.45. The first-order valence-electron chi connectivity index (χ1n) is 33.6. The zero-order chi connectivity index (χ0) is 55.2. The normalized spacial score (nSPS) is 13.4. The van der Waals surface area contributed by atoms with Crippen LogP contribution in [0.15, 0.2) is 0 Å². The molecule has 1 N–H and O–H groups in total. The third kappa shape index (κ3) is 57.8. The molecule has 1 amide bonds. The van der Waals surface area contributed by atoms with Gasteiger partial charge in [-0.05, 0) is 43.2 Å². The molecule has 3 atom stereocenters. The highest BCUT2D eigenvalue weighted by Crippen LogP contribution is 2.70. The Bertz CT molecular complexity index is 1160. The first-order chi connectivity index (χ1) is 37.4. The van der Waals surface area contributed by atoms with Gasteiger partial charge in [0, 0.05) is 17.9 Å². The second-order valence-electron chi connectivity index (χ2n) is 22.7. The third-order valence-corrected chi connectivity index (χ3v) is 29.4. The molecular weight excluding hydrogens is 1090 g/mol. The highest BCUT2D eigenvalue weighted by molar-refractivity contribution is 8.99. The second-order valence-corrected chi connectivity index (χ2v) is 38.5. The van der Waals surface area contributed by atoms with Crippen molar-refractivity contribution in [2.24, 2.45) is 0 Å². The highest BCUT2D eigenvalue weighted by Gasteiger charge is 2.38. The summed E-state index contributed by atoms with van der Waals surface area (Å²) in [5, 5.41) is 3.43. The minimum absolute atomic E-state index is 0.0519. The van der Waals surface area contributed by atoms with Crippen LogP contribution in [0.2, 0.25) is 0 Å². The Morgan fingerprint density at radius 1 is 0.395 bits per heavy atom. The van der Waals surface area contributed by atoms with Crippen molar-refractivity contribution in [1.82, 2.24) is 5.32 Å². The fraction of sp³-hybridized carbons (Fsp3) is 0.984. The number of nitrogens with one attached hydrogen (secondary N) is 1. The first kappa shape index (κ1) is 78.0. The summed E-state index contributed by atoms with van der Waals surface area (Å²) in [6.07, 6.45) is 70.6. The van der Waals surface area contributed by atoms with Gasteiger partial charge in [-0.2, -0.15) is 0 Å². The number of hydrogen-bond acceptors (Lipinski definition) is 9. The SMILES string of the molecule is CCCCCCCCCCCCCCCOC(NC(=O)CCSP(=S)(OCCCCCCCCCCCCCCC)SCCCCCCCCCCCCCCC)(SCCCCCCCCCCCCCCC)S[PH+]=S. The van der Waals surface area contributed by atoms with E-state index < -0.39 is 9.06 Å². The summed E-state index contributed by atoms with van der Waals surface area (Å²) < 4.78 is 10.5. The van der Waals surface area contributed by atoms with E-state index in [1.807, 2.05) is 11.4 Å². The molecule has 0 aromatic heterocycles. The fourth-order valence-electron chi connectivity index (χ4n) is 10.1. The van der Waals surface area contributed by atoms with Crippen LogP contribution in [-0.2, 0) is 37.7 Å². The van der Waals surface area contributed by atoms with Crippen molar-refractivity contribution >= 4 is 86.7 Å². The van der Waals surface area contributed by atoms with Crippen LogP contribution in [-0.4, -0.2) is 40.8 Å². The molecule has 0 aromatic rings. The third-order valence-electron chi connectivity index (χ3n) is 15.1. The first-order valence-corrected chi connectivity index (χ1v) is 44.1. The van der Waals surface area contributed by atoms with Gasteiger partial charge in [-0.25, -0.2) is 0 Å². The summed E-state index contributed by atoms with van der Waals surface area (Å²) in [6, 6.07) is 0. The van der Waals surface area contributed by atoms with Gasteiger partial charge < -0.3 is 14.6 Å². The number of carbonyl (C=O) groups excluding carboxylic acids is 1. The Hall–Kier alpha value is 1.96. The molecule has 3 unspecified atom stereocenters. The van der Waals surface area contributed by atoms with E-state index in [0.717, 1.165) is 37.4 Å². The van der Waals surface area contributed by atoms with Gasteiger partial charge in [-0.1, -0.05) is 370 Å². The van der Waals surface area contributed by atoms with E-state index in [1.54, 1.807) is 34.5 Å². The number of rotatable bonds is 67. The van der Waals surface area contributed by atoms with Gasteiger partial charge in [-0.3, -0.25) is 4.79 Å². The lowest BCUT2D eigenvalue weighted by molar-refractivity contribution is -0.123. The predicted molar refractivity (Wildman–Crippen MR) is 365 cm³/mol. The molecule has 0 aliphatic carbocycles. The van der Waals surface area contributed by atoms with E-state index in [4.69, 9.17) is 32.9 Å². The Balaban J connectivity index is 5.22. The van der Waals surface area contributed by atoms with Gasteiger partial charge >= 0.3 is 0 Å². The standard InChI is InChI=1S/C64H129NO3P2S6/c1-5-9-13-17-21-25-29-33-37-41-45-49-53-58-67-64(76-69-71,73-60-55-51-47-43-39-35-31-27-23-19-15-11-7-3)65-63(66)57-62-75-70(72,68-59-54-50-46-42-38-34-30-26-22-18-14-10-6-2)74-61-56-52-48-44-40-36-32-28-24-20-16-12-8-4/h5-62H2,1-4H3,(H,65,66)/p+1. The minimum Gasteiger partial charge on any atom is -0.335 e. The van der Waals surface area contributed by atoms with Crippen LogP contribution in [0.3, 0.4) is 0 Å². The molecule has 0 heterocycles. The van der Waals surface area contributed by atoms with Crippen molar-refractivity contribution in [3.63, 3.8) is 0 Å². The Labute approximate surface area is 505 Å². The summed E-state index contributed by atoms with van der Waals surface area (Å²) >= 11 is 19.1. The van der Waals surface area contributed by atoms with Crippen LogP contribution in [0.5, 0.6) is 0 Å². The van der Waals surface area contributed by atoms with Crippen molar-refractivity contribution < 1.29 is 14.1 Å². The molecule has 12 heteroatoms. The highest BCUT2D eigenvalue weighted by atomic mass is 33.2. The van der Waals surface area contributed by atoms with Crippen molar-refractivity contribution in [3.8, 4) is 0 Å². The van der Waals surface area contributed by atoms with Crippen molar-refractivity contribution in [2.75, 3.05) is 30.5 Å². The number of carbonyl (C=O) groups is 1. The molecule has 454 valence electrons. The molecule has 0 bridgehead atoms. The average molecular weight is 1220 g/mol. The molecule has 0 spiro atoms. The molecule has 0 radical (unpaired) electrons. The van der Waals surface area contributed by atoms with Crippen molar-refractivity contribution in [1.29, 1.82) is 0 Å². The molecular formula is C64H130NO3P2S6+. The Morgan fingerprint density at radius 3 is 1.00 bits per heavy atom. The van der Waals surface area contributed by atoms with Crippen LogP contribution >= 0.6 is 57.1 Å². The van der Waals surface area contributed by atoms with E-state index >= 15 is 0 Å². The molecule has 0 rings (SSSR count). The maximum Gasteiger partial charge on any atom is 0.284 e. The van der Waals surface area contributed by atoms with Crippen LogP contribution in [0, 0.1) is 0 Å². The van der Waals surface area contributed by atoms with Gasteiger partial charge in [0.05, 0.1) is 13.2 Å². The molecule has 0 aliphatic rings. The second kappa shape index (κ2) is 64.5. The monoisotopic (exact) mass is 1210 g/mol. The quantitative estimate of drug-likeness (QED) is 0.0365. The molecule has 76 heavy (non-hydrogen) atoms. The number of thioether (sulfide) groups is 1. The molecule has 0 fully saturated rings. The van der Waals surface area contributed by atoms with Crippen LogP contribution in [0.25, 0.3) is 0 Å². The molecule has 0 aromatic carbocycles. The van der Waals surface area contributed by atoms with Crippen LogP contribution in [0.1, 0.15) is 368 Å². The van der Waals surface area contributed by atoms with Gasteiger partial charge in [0.2, 0.25) is 12.5 Å². The summed E-state index contributed by atoms with van der Waals surface area (Å²) in [5.74, 6) is 2.78. The summed E-state index contributed by atoms with van der Waals surface area (Å²) in [4.78, 5) is 14.0. The van der Waals surface area contributed by atoms with Crippen LogP contribution in [0.4, 0.5) is 0 Å². The summed E-state index contributed by atoms with van der Waals surface area (Å²) in [5.41, 5.74) is 0. The van der Waals surface area contributed by atoms with Gasteiger partial charge in [0.1, 0.15) is 0 Å². The molecule has 0 aliphatic heterocycles. The maximum atomic E-state index is 14.0. The summed E-state index contributed by atoms with van der Waals surface area (Å²) in [6.45, 7) is 10.8. The number of amides is 1. The van der Waals surface area contributed by atoms with Gasteiger partial charge in [-0.15, -0.1) is 0 Å². The smallest absolute Gasteiger partial charge is 0.284 e. The summed E-state index contributed by atoms with van der Waals surface area (Å²) in [7, 11) is 0. The number of ether oxygens (including phenoxy) is 1. The Morgan fingerprint density at radius 2 is 0.671 bits per heavy atom. The minimum atomic E-state index is -2.17. The average Bonchev–Trinajstić information content (AvgIpc) is 3.41. The number of unbranched alkanes of at least 4 members (excludes halogenated alkanes) is 48. The molecule has 4 nitrogen and oxygen atoms in total. The van der Waals surface area contributed by atoms with E-state index in [1.165, 1.54) is 315 Å². The van der Waals surface area contributed by atoms with Crippen LogP contribution < -0.4 is 5.32 Å². The largest absolute Gasteiger partial charge is 0.335 e. The maximum absolute atomic E-state index is 14.0. The lowest BCUT2D eigenvalue weighted by atomic mass is 10.0. The zero-order valence-electron chi connectivity index (χ0n) is 51.1. The lowest BCUT2D eigenvalue weighted by Gasteiger charge is -2.29. The van der Waals surface area contributed by atoms with Crippen molar-refractivity contribution in [3.05, 3.63) is 0 Å². The predicted octanol–water partition coefficient (Wildman–Crippen LogP) is 25.7. The number of hydrogen-bond donors (Lipinski definition) is 1. The topological polar surface area (TPSA) is 47.6 Å². The van der Waals surface area contributed by atoms with E-state index in [-0.39, 0.29) is 12.5 Å². The van der Waals surface area contributed by atoms with E-state index in [2.05, 4.69) is 33.0 Å². The van der Waals surface area contributed by atoms with Gasteiger partial charge in [0.25, 0.3) is 4.39 Å². The van der Waals surface area contributed by atoms with E-state index in [0.29, 0.717) is 18.8 Å². The van der Waals surface area contributed by atoms with E-state index in [9.17, 15) is 4.79 Å². The Kier molecular flexibility index (Phi) is 66.2. The van der Waals surface area contributed by atoms with Crippen molar-refractivity contribution in [2.45, 2.75) is 372 Å². The molecule has 0 saturated carbocycles. The fourth-order valence-corrected chi connectivity index (χ4v) is 23.4. The zero-order valence-corrected chi connectivity index (χ0v) is 57.9. The van der Waals surface area contributed by atoms with Gasteiger partial charge in [0.15, 0.2) is 27.9 Å².